The Kier molecular flexibility index (Phi) is 3.36. The van der Waals surface area contributed by atoms with Gasteiger partial charge in [0.05, 0.1) is 12.2 Å². The first kappa shape index (κ1) is 11.4. The van der Waals surface area contributed by atoms with Crippen LogP contribution in [0.15, 0.2) is 0 Å². The molecule has 2 aliphatic carbocycles. The van der Waals surface area contributed by atoms with Crippen LogP contribution in [-0.4, -0.2) is 23.9 Å². The van der Waals surface area contributed by atoms with Crippen LogP contribution in [0.5, 0.6) is 0 Å². The van der Waals surface area contributed by atoms with Crippen LogP contribution in [0.3, 0.4) is 0 Å². The SMILES string of the molecule is CCOCC(C)(O)CC1CC2CCC1C2. The van der Waals surface area contributed by atoms with Gasteiger partial charge in [0.1, 0.15) is 0 Å². The molecule has 0 aromatic rings. The Labute approximate surface area is 93.0 Å². The topological polar surface area (TPSA) is 29.5 Å². The molecule has 1 N–H and O–H groups in total. The van der Waals surface area contributed by atoms with Gasteiger partial charge in [0, 0.05) is 6.61 Å². The molecule has 2 fully saturated rings. The van der Waals surface area contributed by atoms with Crippen LogP contribution in [0.25, 0.3) is 0 Å². The van der Waals surface area contributed by atoms with Crippen LogP contribution < -0.4 is 0 Å². The highest BCUT2D eigenvalue weighted by atomic mass is 16.5. The second-order valence-corrected chi connectivity index (χ2v) is 5.77. The predicted molar refractivity (Wildman–Crippen MR) is 60.7 cm³/mol. The van der Waals surface area contributed by atoms with E-state index in [4.69, 9.17) is 4.74 Å². The molecule has 15 heavy (non-hydrogen) atoms. The molecule has 2 heteroatoms. The highest BCUT2D eigenvalue weighted by molar-refractivity contribution is 4.92. The molecule has 4 atom stereocenters. The van der Waals surface area contributed by atoms with Gasteiger partial charge in [0.25, 0.3) is 0 Å². The van der Waals surface area contributed by atoms with E-state index in [0.717, 1.165) is 24.2 Å². The van der Waals surface area contributed by atoms with Gasteiger partial charge in [-0.2, -0.15) is 0 Å². The van der Waals surface area contributed by atoms with Crippen molar-refractivity contribution in [3.05, 3.63) is 0 Å². The Hall–Kier alpha value is -0.0800. The van der Waals surface area contributed by atoms with Crippen molar-refractivity contribution in [3.63, 3.8) is 0 Å². The maximum Gasteiger partial charge on any atom is 0.0854 e. The Morgan fingerprint density at radius 1 is 1.33 bits per heavy atom. The first-order chi connectivity index (χ1) is 7.11. The summed E-state index contributed by atoms with van der Waals surface area (Å²) in [4.78, 5) is 0. The summed E-state index contributed by atoms with van der Waals surface area (Å²) in [6.07, 6.45) is 6.56. The molecule has 4 unspecified atom stereocenters. The van der Waals surface area contributed by atoms with Crippen LogP contribution in [0, 0.1) is 17.8 Å². The van der Waals surface area contributed by atoms with E-state index >= 15 is 0 Å². The molecule has 0 aliphatic heterocycles. The standard InChI is InChI=1S/C13H24O2/c1-3-15-9-13(2,14)8-12-7-10-4-5-11(12)6-10/h10-12,14H,3-9H2,1-2H3. The molecule has 0 amide bonds. The Balaban J connectivity index is 1.80. The summed E-state index contributed by atoms with van der Waals surface area (Å²) >= 11 is 0. The molecule has 88 valence electrons. The molecule has 2 nitrogen and oxygen atoms in total. The molecule has 0 spiro atoms. The second-order valence-electron chi connectivity index (χ2n) is 5.77. The van der Waals surface area contributed by atoms with Crippen LogP contribution in [0.1, 0.15) is 46.0 Å². The average Bonchev–Trinajstić information content (AvgIpc) is 2.75. The summed E-state index contributed by atoms with van der Waals surface area (Å²) < 4.78 is 5.34. The summed E-state index contributed by atoms with van der Waals surface area (Å²) in [5.41, 5.74) is -0.606. The van der Waals surface area contributed by atoms with E-state index in [1.165, 1.54) is 25.7 Å². The zero-order valence-corrected chi connectivity index (χ0v) is 10.0. The predicted octanol–water partition coefficient (Wildman–Crippen LogP) is 2.60. The van der Waals surface area contributed by atoms with E-state index in [0.29, 0.717) is 13.2 Å². The smallest absolute Gasteiger partial charge is 0.0854 e. The van der Waals surface area contributed by atoms with E-state index in [-0.39, 0.29) is 0 Å². The van der Waals surface area contributed by atoms with Gasteiger partial charge in [-0.25, -0.2) is 0 Å². The van der Waals surface area contributed by atoms with Crippen molar-refractivity contribution in [1.82, 2.24) is 0 Å². The van der Waals surface area contributed by atoms with Crippen LogP contribution in [0.2, 0.25) is 0 Å². The number of rotatable bonds is 5. The van der Waals surface area contributed by atoms with Crippen LogP contribution in [-0.2, 0) is 4.74 Å². The van der Waals surface area contributed by atoms with Crippen molar-refractivity contribution in [2.24, 2.45) is 17.8 Å². The number of aliphatic hydroxyl groups is 1. The zero-order valence-electron chi connectivity index (χ0n) is 10.0. The summed E-state index contributed by atoms with van der Waals surface area (Å²) in [6.45, 7) is 5.10. The van der Waals surface area contributed by atoms with E-state index in [9.17, 15) is 5.11 Å². The van der Waals surface area contributed by atoms with Gasteiger partial charge in [0.15, 0.2) is 0 Å². The first-order valence-corrected chi connectivity index (χ1v) is 6.41. The van der Waals surface area contributed by atoms with Crippen LogP contribution >= 0.6 is 0 Å². The van der Waals surface area contributed by atoms with Crippen molar-refractivity contribution in [1.29, 1.82) is 0 Å². The second kappa shape index (κ2) is 4.42. The number of hydrogen-bond donors (Lipinski definition) is 1. The summed E-state index contributed by atoms with van der Waals surface area (Å²) in [7, 11) is 0. The van der Waals surface area contributed by atoms with Gasteiger partial charge < -0.3 is 9.84 Å². The molecular formula is C13H24O2. The van der Waals surface area contributed by atoms with E-state index in [1.807, 2.05) is 13.8 Å². The highest BCUT2D eigenvalue weighted by Crippen LogP contribution is 2.50. The number of fused-ring (bicyclic) bond motifs is 2. The Morgan fingerprint density at radius 2 is 2.13 bits per heavy atom. The molecule has 2 aliphatic rings. The molecule has 2 bridgehead atoms. The van der Waals surface area contributed by atoms with E-state index in [1.54, 1.807) is 0 Å². The molecule has 2 saturated carbocycles. The fraction of sp³-hybridized carbons (Fsp3) is 1.00. The quantitative estimate of drug-likeness (QED) is 0.759. The minimum atomic E-state index is -0.606. The van der Waals surface area contributed by atoms with Crippen molar-refractivity contribution in [3.8, 4) is 0 Å². The van der Waals surface area contributed by atoms with Crippen molar-refractivity contribution in [2.45, 2.75) is 51.6 Å². The molecule has 0 saturated heterocycles. The molecule has 0 radical (unpaired) electrons. The van der Waals surface area contributed by atoms with Gasteiger partial charge in [-0.1, -0.05) is 6.42 Å². The minimum absolute atomic E-state index is 0.497. The van der Waals surface area contributed by atoms with Gasteiger partial charge >= 0.3 is 0 Å². The van der Waals surface area contributed by atoms with Crippen molar-refractivity contribution >= 4 is 0 Å². The molecule has 0 heterocycles. The first-order valence-electron chi connectivity index (χ1n) is 6.41. The normalized spacial score (nSPS) is 38.2. The van der Waals surface area contributed by atoms with Gasteiger partial charge in [-0.3, -0.25) is 0 Å². The summed E-state index contributed by atoms with van der Waals surface area (Å²) in [5, 5.41) is 10.2. The largest absolute Gasteiger partial charge is 0.388 e. The fourth-order valence-corrected chi connectivity index (χ4v) is 3.57. The lowest BCUT2D eigenvalue weighted by Gasteiger charge is -2.30. The van der Waals surface area contributed by atoms with E-state index in [2.05, 4.69) is 0 Å². The third-order valence-corrected chi connectivity index (χ3v) is 4.20. The van der Waals surface area contributed by atoms with E-state index < -0.39 is 5.60 Å². The fourth-order valence-electron chi connectivity index (χ4n) is 3.57. The third kappa shape index (κ3) is 2.73. The maximum absolute atomic E-state index is 10.2. The maximum atomic E-state index is 10.2. The zero-order chi connectivity index (χ0) is 10.9. The Bertz CT molecular complexity index is 213. The lowest BCUT2D eigenvalue weighted by molar-refractivity contribution is -0.0496. The third-order valence-electron chi connectivity index (χ3n) is 4.20. The monoisotopic (exact) mass is 212 g/mol. The molecular weight excluding hydrogens is 188 g/mol. The minimum Gasteiger partial charge on any atom is -0.388 e. The van der Waals surface area contributed by atoms with Gasteiger partial charge in [0.2, 0.25) is 0 Å². The van der Waals surface area contributed by atoms with Gasteiger partial charge in [-0.05, 0) is 57.3 Å². The lowest BCUT2D eigenvalue weighted by Crippen LogP contribution is -2.34. The summed E-state index contributed by atoms with van der Waals surface area (Å²) in [5.74, 6) is 2.64. The highest BCUT2D eigenvalue weighted by Gasteiger charge is 2.42. The van der Waals surface area contributed by atoms with Gasteiger partial charge in [-0.15, -0.1) is 0 Å². The lowest BCUT2D eigenvalue weighted by atomic mass is 9.81. The summed E-state index contributed by atoms with van der Waals surface area (Å²) in [6, 6.07) is 0. The molecule has 2 rings (SSSR count). The number of ether oxygens (including phenoxy) is 1. The average molecular weight is 212 g/mol. The molecule has 0 aromatic heterocycles. The Morgan fingerprint density at radius 3 is 2.67 bits per heavy atom. The van der Waals surface area contributed by atoms with Crippen molar-refractivity contribution in [2.75, 3.05) is 13.2 Å². The van der Waals surface area contributed by atoms with Crippen LogP contribution in [0.4, 0.5) is 0 Å². The number of hydrogen-bond acceptors (Lipinski definition) is 2. The van der Waals surface area contributed by atoms with Crippen molar-refractivity contribution < 1.29 is 9.84 Å². The molecule has 0 aromatic carbocycles.